The Morgan fingerprint density at radius 1 is 0.966 bits per heavy atom. The zero-order valence-corrected chi connectivity index (χ0v) is 18.8. The number of para-hydroxylation sites is 2. The van der Waals surface area contributed by atoms with Gasteiger partial charge in [-0.2, -0.15) is 0 Å². The summed E-state index contributed by atoms with van der Waals surface area (Å²) in [5.74, 6) is 0.848. The molecule has 3 heterocycles. The number of aryl methyl sites for hydroxylation is 1. The van der Waals surface area contributed by atoms with Crippen LogP contribution in [-0.4, -0.2) is 19.5 Å². The second-order valence-electron chi connectivity index (χ2n) is 6.44. The molecule has 0 aliphatic rings. The Labute approximate surface area is 185 Å². The minimum Gasteiger partial charge on any atom is -0.276 e. The fourth-order valence-corrected chi connectivity index (χ4v) is 6.63. The molecule has 0 atom stereocenters. The number of rotatable bonds is 5. The molecule has 0 bridgehead atoms. The zero-order chi connectivity index (χ0) is 19.8. The van der Waals surface area contributed by atoms with Gasteiger partial charge in [-0.3, -0.25) is 4.57 Å². The molecule has 5 rings (SSSR count). The van der Waals surface area contributed by atoms with Crippen LogP contribution >= 0.6 is 46.7 Å². The molecule has 5 aromatic rings. The van der Waals surface area contributed by atoms with Crippen LogP contribution in [0.2, 0.25) is 0 Å². The van der Waals surface area contributed by atoms with Gasteiger partial charge in [0.15, 0.2) is 13.9 Å². The van der Waals surface area contributed by atoms with Gasteiger partial charge in [-0.25, -0.2) is 15.0 Å². The molecule has 0 unspecified atom stereocenters. The van der Waals surface area contributed by atoms with E-state index in [1.807, 2.05) is 36.4 Å². The SMILES string of the molecule is CCCc1nc(Sc2nc3ccccc3s2)c2sc(=S)n(-c3ccccc3)c2n1. The third-order valence-corrected chi connectivity index (χ3v) is 7.98. The molecule has 0 N–H and O–H groups in total. The minimum atomic E-state index is 0.778. The minimum absolute atomic E-state index is 0.778. The van der Waals surface area contributed by atoms with Crippen LogP contribution in [0.25, 0.3) is 26.3 Å². The molecule has 0 aliphatic carbocycles. The van der Waals surface area contributed by atoms with Crippen LogP contribution in [0.4, 0.5) is 0 Å². The third-order valence-electron chi connectivity index (χ3n) is 4.39. The van der Waals surface area contributed by atoms with Gasteiger partial charge in [0, 0.05) is 12.1 Å². The lowest BCUT2D eigenvalue weighted by Gasteiger charge is -2.07. The highest BCUT2D eigenvalue weighted by Crippen LogP contribution is 2.39. The van der Waals surface area contributed by atoms with E-state index in [9.17, 15) is 0 Å². The van der Waals surface area contributed by atoms with Gasteiger partial charge >= 0.3 is 0 Å². The Morgan fingerprint density at radius 3 is 2.55 bits per heavy atom. The first-order chi connectivity index (χ1) is 14.2. The summed E-state index contributed by atoms with van der Waals surface area (Å²) in [5, 5.41) is 0.934. The van der Waals surface area contributed by atoms with Crippen LogP contribution in [0.3, 0.4) is 0 Å². The Bertz CT molecular complexity index is 1340. The van der Waals surface area contributed by atoms with Gasteiger partial charge in [-0.1, -0.05) is 48.6 Å². The molecule has 0 saturated heterocycles. The molecule has 0 amide bonds. The van der Waals surface area contributed by atoms with Gasteiger partial charge in [0.2, 0.25) is 0 Å². The van der Waals surface area contributed by atoms with E-state index in [1.54, 1.807) is 34.4 Å². The average Bonchev–Trinajstić information content (AvgIpc) is 3.28. The van der Waals surface area contributed by atoms with Gasteiger partial charge < -0.3 is 0 Å². The quantitative estimate of drug-likeness (QED) is 0.214. The maximum Gasteiger partial charge on any atom is 0.168 e. The number of hydrogen-bond donors (Lipinski definition) is 0. The average molecular weight is 453 g/mol. The van der Waals surface area contributed by atoms with E-state index in [0.29, 0.717) is 0 Å². The van der Waals surface area contributed by atoms with Crippen molar-refractivity contribution in [3.63, 3.8) is 0 Å². The molecule has 4 nitrogen and oxygen atoms in total. The highest BCUT2D eigenvalue weighted by molar-refractivity contribution is 8.01. The first kappa shape index (κ1) is 18.9. The molecule has 0 radical (unpaired) electrons. The van der Waals surface area contributed by atoms with Crippen LogP contribution < -0.4 is 0 Å². The Balaban J connectivity index is 1.69. The molecule has 3 aromatic heterocycles. The standard InChI is InChI=1S/C21H16N4S4/c1-2-8-16-23-18-17(28-21(26)25(18)13-9-4-3-5-10-13)19(24-16)29-20-22-14-11-6-7-12-15(14)27-20/h3-7,9-12H,2,8H2,1H3. The molecule has 29 heavy (non-hydrogen) atoms. The molecule has 8 heteroatoms. The van der Waals surface area contributed by atoms with E-state index in [1.165, 1.54) is 4.70 Å². The lowest BCUT2D eigenvalue weighted by Crippen LogP contribution is -2.01. The van der Waals surface area contributed by atoms with Crippen molar-refractivity contribution >= 4 is 67.2 Å². The summed E-state index contributed by atoms with van der Waals surface area (Å²) in [4.78, 5) is 14.5. The second kappa shape index (κ2) is 7.95. The van der Waals surface area contributed by atoms with E-state index >= 15 is 0 Å². The Morgan fingerprint density at radius 2 is 1.76 bits per heavy atom. The van der Waals surface area contributed by atoms with Crippen molar-refractivity contribution in [1.29, 1.82) is 0 Å². The van der Waals surface area contributed by atoms with E-state index < -0.39 is 0 Å². The van der Waals surface area contributed by atoms with Crippen LogP contribution in [0, 0.1) is 3.95 Å². The normalized spacial score (nSPS) is 11.5. The molecule has 2 aromatic carbocycles. The summed E-state index contributed by atoms with van der Waals surface area (Å²) in [6, 6.07) is 18.4. The smallest absolute Gasteiger partial charge is 0.168 e. The van der Waals surface area contributed by atoms with E-state index in [-0.39, 0.29) is 0 Å². The van der Waals surface area contributed by atoms with Crippen LogP contribution in [0.15, 0.2) is 64.0 Å². The number of benzene rings is 2. The molecule has 0 fully saturated rings. The molecule has 0 spiro atoms. The monoisotopic (exact) mass is 452 g/mol. The molecular weight excluding hydrogens is 437 g/mol. The van der Waals surface area contributed by atoms with Crippen molar-refractivity contribution < 1.29 is 0 Å². The van der Waals surface area contributed by atoms with Crippen molar-refractivity contribution in [2.45, 2.75) is 29.1 Å². The zero-order valence-electron chi connectivity index (χ0n) is 15.5. The van der Waals surface area contributed by atoms with Gasteiger partial charge in [-0.15, -0.1) is 11.3 Å². The molecular formula is C21H16N4S4. The van der Waals surface area contributed by atoms with Gasteiger partial charge in [0.1, 0.15) is 15.6 Å². The topological polar surface area (TPSA) is 43.6 Å². The third kappa shape index (κ3) is 3.61. The summed E-state index contributed by atoms with van der Waals surface area (Å²) < 4.78 is 6.02. The number of aromatic nitrogens is 4. The van der Waals surface area contributed by atoms with Crippen LogP contribution in [0.5, 0.6) is 0 Å². The Hall–Kier alpha value is -2.13. The number of thiazole rings is 2. The summed E-state index contributed by atoms with van der Waals surface area (Å²) >= 11 is 10.6. The van der Waals surface area contributed by atoms with Crippen molar-refractivity contribution in [2.24, 2.45) is 0 Å². The van der Waals surface area contributed by atoms with E-state index in [2.05, 4.69) is 29.7 Å². The highest BCUT2D eigenvalue weighted by Gasteiger charge is 2.18. The van der Waals surface area contributed by atoms with Gasteiger partial charge in [-0.05, 0) is 54.7 Å². The largest absolute Gasteiger partial charge is 0.276 e. The molecule has 0 aliphatic heterocycles. The number of nitrogens with zero attached hydrogens (tertiary/aromatic N) is 4. The summed E-state index contributed by atoms with van der Waals surface area (Å²) in [6.45, 7) is 2.14. The van der Waals surface area contributed by atoms with Gasteiger partial charge in [0.05, 0.1) is 10.2 Å². The van der Waals surface area contributed by atoms with Crippen LogP contribution in [-0.2, 0) is 6.42 Å². The lowest BCUT2D eigenvalue weighted by atomic mass is 10.3. The predicted molar refractivity (Wildman–Crippen MR) is 125 cm³/mol. The lowest BCUT2D eigenvalue weighted by molar-refractivity contribution is 0.819. The summed E-state index contributed by atoms with van der Waals surface area (Å²) in [7, 11) is 0. The van der Waals surface area contributed by atoms with Crippen molar-refractivity contribution in [1.82, 2.24) is 19.5 Å². The highest BCUT2D eigenvalue weighted by atomic mass is 32.2. The second-order valence-corrected chi connectivity index (χ2v) is 10.3. The summed E-state index contributed by atoms with van der Waals surface area (Å²) in [6.07, 6.45) is 1.83. The van der Waals surface area contributed by atoms with Crippen molar-refractivity contribution in [3.05, 3.63) is 64.4 Å². The Kier molecular flexibility index (Phi) is 5.17. The molecule has 0 saturated carbocycles. The number of fused-ring (bicyclic) bond motifs is 2. The van der Waals surface area contributed by atoms with Crippen molar-refractivity contribution in [3.8, 4) is 5.69 Å². The maximum absolute atomic E-state index is 5.71. The van der Waals surface area contributed by atoms with E-state index in [4.69, 9.17) is 27.2 Å². The number of hydrogen-bond acceptors (Lipinski definition) is 7. The maximum atomic E-state index is 5.71. The van der Waals surface area contributed by atoms with Crippen molar-refractivity contribution in [2.75, 3.05) is 0 Å². The van der Waals surface area contributed by atoms with Gasteiger partial charge in [0.25, 0.3) is 0 Å². The predicted octanol–water partition coefficient (Wildman–Crippen LogP) is 6.92. The fourth-order valence-electron chi connectivity index (χ4n) is 3.11. The first-order valence-electron chi connectivity index (χ1n) is 9.24. The fraction of sp³-hybridized carbons (Fsp3) is 0.143. The first-order valence-corrected chi connectivity index (χ1v) is 12.1. The molecule has 144 valence electrons. The van der Waals surface area contributed by atoms with Crippen LogP contribution in [0.1, 0.15) is 19.2 Å². The van der Waals surface area contributed by atoms with E-state index in [0.717, 1.165) is 53.5 Å². The summed E-state index contributed by atoms with van der Waals surface area (Å²) in [5.41, 5.74) is 2.93.